The lowest BCUT2D eigenvalue weighted by Crippen LogP contribution is -2.48. The van der Waals surface area contributed by atoms with Crippen LogP contribution >= 0.6 is 0 Å². The Bertz CT molecular complexity index is 1140. The summed E-state index contributed by atoms with van der Waals surface area (Å²) in [7, 11) is 0. The Kier molecular flexibility index (Phi) is 5.97. The maximum Gasteiger partial charge on any atom is 0.245 e. The molecule has 2 saturated heterocycles. The number of carbonyl (C=O) groups is 2. The van der Waals surface area contributed by atoms with E-state index in [4.69, 9.17) is 9.97 Å². The predicted octanol–water partition coefficient (Wildman–Crippen LogP) is 3.27. The topological polar surface area (TPSA) is 100 Å². The molecule has 2 aliphatic rings. The van der Waals surface area contributed by atoms with Crippen LogP contribution in [0.25, 0.3) is 11.3 Å². The molecule has 8 heteroatoms. The Morgan fingerprint density at radius 3 is 2.64 bits per heavy atom. The van der Waals surface area contributed by atoms with E-state index in [1.807, 2.05) is 53.4 Å². The van der Waals surface area contributed by atoms with Crippen molar-refractivity contribution in [2.24, 2.45) is 0 Å². The van der Waals surface area contributed by atoms with Gasteiger partial charge in [-0.05, 0) is 43.5 Å². The normalized spacial score (nSPS) is 20.4. The highest BCUT2D eigenvalue weighted by Crippen LogP contribution is 2.29. The van der Waals surface area contributed by atoms with Crippen molar-refractivity contribution in [2.45, 2.75) is 37.6 Å². The molecular weight excluding hydrogens is 416 g/mol. The fourth-order valence-corrected chi connectivity index (χ4v) is 4.46. The Balaban J connectivity index is 1.42. The molecule has 8 nitrogen and oxygen atoms in total. The number of nitrogens with zero attached hydrogens (tertiary/aromatic N) is 4. The second kappa shape index (κ2) is 9.36. The van der Waals surface area contributed by atoms with Crippen LogP contribution in [0.3, 0.4) is 0 Å². The van der Waals surface area contributed by atoms with Gasteiger partial charge in [0.15, 0.2) is 0 Å². The van der Waals surface area contributed by atoms with E-state index < -0.39 is 6.04 Å². The molecule has 0 spiro atoms. The van der Waals surface area contributed by atoms with Gasteiger partial charge in [0.25, 0.3) is 0 Å². The van der Waals surface area contributed by atoms with Crippen LogP contribution < -0.4 is 10.6 Å². The van der Waals surface area contributed by atoms with E-state index in [0.717, 1.165) is 35.6 Å². The number of hydrogen-bond acceptors (Lipinski definition) is 6. The third-order valence-corrected chi connectivity index (χ3v) is 6.16. The summed E-state index contributed by atoms with van der Waals surface area (Å²) < 4.78 is 0. The minimum Gasteiger partial charge on any atom is -0.344 e. The number of para-hydroxylation sites is 1. The number of carbonyl (C=O) groups excluding carboxylic acids is 2. The van der Waals surface area contributed by atoms with Gasteiger partial charge >= 0.3 is 0 Å². The van der Waals surface area contributed by atoms with Gasteiger partial charge in [-0.1, -0.05) is 18.2 Å². The molecule has 33 heavy (non-hydrogen) atoms. The van der Waals surface area contributed by atoms with Gasteiger partial charge in [0, 0.05) is 55.1 Å². The van der Waals surface area contributed by atoms with E-state index in [-0.39, 0.29) is 17.7 Å². The Hall–Kier alpha value is -3.81. The molecule has 168 valence electrons. The number of amides is 2. The molecule has 2 atom stereocenters. The number of anilines is 2. The highest BCUT2D eigenvalue weighted by molar-refractivity contribution is 5.90. The SMILES string of the molecule is O=C1CCC(C(=O)N2CCCC(c3nc(Nc4ccccc4)cc(-c4ccncc4)n3)C2)N1. The van der Waals surface area contributed by atoms with E-state index in [1.165, 1.54) is 0 Å². The molecule has 5 rings (SSSR count). The van der Waals surface area contributed by atoms with Crippen molar-refractivity contribution in [2.75, 3.05) is 18.4 Å². The number of aromatic nitrogens is 3. The minimum absolute atomic E-state index is 0.00141. The molecule has 2 aliphatic heterocycles. The van der Waals surface area contributed by atoms with Crippen molar-refractivity contribution >= 4 is 23.3 Å². The first-order valence-electron chi connectivity index (χ1n) is 11.4. The van der Waals surface area contributed by atoms with Gasteiger partial charge in [0.2, 0.25) is 11.8 Å². The fraction of sp³-hybridized carbons (Fsp3) is 0.320. The zero-order valence-electron chi connectivity index (χ0n) is 18.3. The van der Waals surface area contributed by atoms with Crippen LogP contribution in [0.1, 0.15) is 37.4 Å². The number of piperidine rings is 1. The summed E-state index contributed by atoms with van der Waals surface area (Å²) in [5.74, 6) is 1.41. The Labute approximate surface area is 192 Å². The Morgan fingerprint density at radius 1 is 1.06 bits per heavy atom. The summed E-state index contributed by atoms with van der Waals surface area (Å²) in [4.78, 5) is 40.2. The third-order valence-electron chi connectivity index (χ3n) is 6.16. The van der Waals surface area contributed by atoms with Crippen molar-refractivity contribution in [3.63, 3.8) is 0 Å². The largest absolute Gasteiger partial charge is 0.344 e. The van der Waals surface area contributed by atoms with Crippen molar-refractivity contribution in [1.29, 1.82) is 0 Å². The number of rotatable bonds is 5. The maximum atomic E-state index is 13.0. The number of likely N-dealkylation sites (tertiary alicyclic amines) is 1. The van der Waals surface area contributed by atoms with Crippen LogP contribution in [0.4, 0.5) is 11.5 Å². The number of benzene rings is 1. The number of hydrogen-bond donors (Lipinski definition) is 2. The molecule has 0 aliphatic carbocycles. The molecule has 4 heterocycles. The van der Waals surface area contributed by atoms with E-state index in [9.17, 15) is 9.59 Å². The minimum atomic E-state index is -0.407. The summed E-state index contributed by atoms with van der Waals surface area (Å²) in [5, 5.41) is 6.18. The molecule has 0 saturated carbocycles. The summed E-state index contributed by atoms with van der Waals surface area (Å²) in [5.41, 5.74) is 2.72. The Morgan fingerprint density at radius 2 is 1.88 bits per heavy atom. The number of nitrogens with one attached hydrogen (secondary N) is 2. The second-order valence-corrected chi connectivity index (χ2v) is 8.51. The maximum absolute atomic E-state index is 13.0. The van der Waals surface area contributed by atoms with Gasteiger partial charge < -0.3 is 15.5 Å². The van der Waals surface area contributed by atoms with Crippen molar-refractivity contribution < 1.29 is 9.59 Å². The third kappa shape index (κ3) is 4.84. The molecular formula is C25H26N6O2. The molecule has 3 aromatic rings. The van der Waals surface area contributed by atoms with E-state index in [2.05, 4.69) is 15.6 Å². The molecule has 2 N–H and O–H groups in total. The lowest BCUT2D eigenvalue weighted by atomic mass is 9.96. The molecule has 2 unspecified atom stereocenters. The average molecular weight is 443 g/mol. The lowest BCUT2D eigenvalue weighted by molar-refractivity contribution is -0.135. The van der Waals surface area contributed by atoms with E-state index >= 15 is 0 Å². The first kappa shape index (κ1) is 21.1. The van der Waals surface area contributed by atoms with Gasteiger partial charge in [-0.25, -0.2) is 9.97 Å². The van der Waals surface area contributed by atoms with Gasteiger partial charge in [0.1, 0.15) is 17.7 Å². The molecule has 0 bridgehead atoms. The summed E-state index contributed by atoms with van der Waals surface area (Å²) in [6.45, 7) is 1.25. The zero-order valence-corrected chi connectivity index (χ0v) is 18.3. The van der Waals surface area contributed by atoms with Gasteiger partial charge in [-0.3, -0.25) is 14.6 Å². The first-order chi connectivity index (χ1) is 16.2. The van der Waals surface area contributed by atoms with E-state index in [1.54, 1.807) is 12.4 Å². The zero-order chi connectivity index (χ0) is 22.6. The average Bonchev–Trinajstić information content (AvgIpc) is 3.31. The predicted molar refractivity (Wildman–Crippen MR) is 125 cm³/mol. The molecule has 2 aromatic heterocycles. The second-order valence-electron chi connectivity index (χ2n) is 8.51. The monoisotopic (exact) mass is 442 g/mol. The highest BCUT2D eigenvalue weighted by atomic mass is 16.2. The van der Waals surface area contributed by atoms with Crippen LogP contribution in [0, 0.1) is 0 Å². The van der Waals surface area contributed by atoms with Crippen LogP contribution in [0.2, 0.25) is 0 Å². The van der Waals surface area contributed by atoms with Crippen LogP contribution in [0.5, 0.6) is 0 Å². The van der Waals surface area contributed by atoms with Crippen LogP contribution in [-0.4, -0.2) is 50.8 Å². The first-order valence-corrected chi connectivity index (χ1v) is 11.4. The van der Waals surface area contributed by atoms with Crippen molar-refractivity contribution in [3.05, 3.63) is 66.7 Å². The summed E-state index contributed by atoms with van der Waals surface area (Å²) >= 11 is 0. The quantitative estimate of drug-likeness (QED) is 0.629. The molecule has 2 amide bonds. The van der Waals surface area contributed by atoms with Crippen LogP contribution in [0.15, 0.2) is 60.9 Å². The summed E-state index contributed by atoms with van der Waals surface area (Å²) in [6.07, 6.45) is 6.26. The van der Waals surface area contributed by atoms with Gasteiger partial charge in [0.05, 0.1) is 5.69 Å². The molecule has 0 radical (unpaired) electrons. The molecule has 2 fully saturated rings. The van der Waals surface area contributed by atoms with E-state index in [0.29, 0.717) is 31.7 Å². The van der Waals surface area contributed by atoms with Gasteiger partial charge in [-0.15, -0.1) is 0 Å². The van der Waals surface area contributed by atoms with Crippen LogP contribution in [-0.2, 0) is 9.59 Å². The smallest absolute Gasteiger partial charge is 0.245 e. The number of pyridine rings is 1. The highest BCUT2D eigenvalue weighted by Gasteiger charge is 2.34. The van der Waals surface area contributed by atoms with Gasteiger partial charge in [-0.2, -0.15) is 0 Å². The molecule has 1 aromatic carbocycles. The lowest BCUT2D eigenvalue weighted by Gasteiger charge is -2.33. The van der Waals surface area contributed by atoms with Crippen molar-refractivity contribution in [3.8, 4) is 11.3 Å². The van der Waals surface area contributed by atoms with Crippen molar-refractivity contribution in [1.82, 2.24) is 25.2 Å². The standard InChI is InChI=1S/C25H26N6O2/c32-23-9-8-20(28-23)25(33)31-14-4-5-18(16-31)24-29-21(17-10-12-26-13-11-17)15-22(30-24)27-19-6-2-1-3-7-19/h1-3,6-7,10-13,15,18,20H,4-5,8-9,14,16H2,(H,28,32)(H,27,29,30). The fourth-order valence-electron chi connectivity index (χ4n) is 4.46. The summed E-state index contributed by atoms with van der Waals surface area (Å²) in [6, 6.07) is 15.3.